The minimum atomic E-state index is -0.574. The van der Waals surface area contributed by atoms with Crippen LogP contribution in [0.25, 0.3) is 0 Å². The van der Waals surface area contributed by atoms with E-state index in [1.807, 2.05) is 0 Å². The number of hydrogen-bond acceptors (Lipinski definition) is 6. The van der Waals surface area contributed by atoms with Crippen LogP contribution in [0.5, 0.6) is 0 Å². The van der Waals surface area contributed by atoms with Gasteiger partial charge in [0.1, 0.15) is 5.82 Å². The maximum atomic E-state index is 13.7. The van der Waals surface area contributed by atoms with Crippen molar-refractivity contribution in [3.63, 3.8) is 0 Å². The molecular weight excluding hydrogens is 359 g/mol. The number of aromatic nitrogens is 2. The third-order valence-electron chi connectivity index (χ3n) is 2.64. The Morgan fingerprint density at radius 2 is 2.35 bits per heavy atom. The van der Waals surface area contributed by atoms with Gasteiger partial charge in [-0.05, 0) is 25.1 Å². The van der Waals surface area contributed by atoms with E-state index in [0.717, 1.165) is 6.07 Å². The summed E-state index contributed by atoms with van der Waals surface area (Å²) in [5.74, 6) is -0.901. The second-order valence-corrected chi connectivity index (χ2v) is 7.42. The van der Waals surface area contributed by atoms with Gasteiger partial charge in [-0.3, -0.25) is 4.79 Å². The van der Waals surface area contributed by atoms with E-state index in [2.05, 4.69) is 27.4 Å². The van der Waals surface area contributed by atoms with Crippen LogP contribution in [0, 0.1) is 5.82 Å². The van der Waals surface area contributed by atoms with Gasteiger partial charge >= 0.3 is 0 Å². The van der Waals surface area contributed by atoms with Crippen molar-refractivity contribution < 1.29 is 9.18 Å². The van der Waals surface area contributed by atoms with E-state index in [4.69, 9.17) is 11.6 Å². The van der Waals surface area contributed by atoms with E-state index >= 15 is 0 Å². The second-order valence-electron chi connectivity index (χ2n) is 4.42. The lowest BCUT2D eigenvalue weighted by atomic mass is 10.3. The Morgan fingerprint density at radius 1 is 1.57 bits per heavy atom. The molecule has 1 heterocycles. The summed E-state index contributed by atoms with van der Waals surface area (Å²) in [6.07, 6.45) is 1.71. The van der Waals surface area contributed by atoms with Gasteiger partial charge in [0.05, 0.1) is 10.9 Å². The van der Waals surface area contributed by atoms with Crippen LogP contribution in [0.4, 0.5) is 15.2 Å². The van der Waals surface area contributed by atoms with Crippen molar-refractivity contribution in [3.8, 4) is 0 Å². The molecule has 0 bridgehead atoms. The van der Waals surface area contributed by atoms with Gasteiger partial charge in [-0.2, -0.15) is 0 Å². The van der Waals surface area contributed by atoms with Crippen LogP contribution in [0.15, 0.2) is 35.2 Å². The molecule has 1 aromatic carbocycles. The Morgan fingerprint density at radius 3 is 3.04 bits per heavy atom. The van der Waals surface area contributed by atoms with Crippen molar-refractivity contribution in [1.82, 2.24) is 10.2 Å². The van der Waals surface area contributed by atoms with Crippen molar-refractivity contribution in [2.24, 2.45) is 0 Å². The first-order chi connectivity index (χ1) is 11.0. The van der Waals surface area contributed by atoms with Crippen LogP contribution in [0.2, 0.25) is 5.02 Å². The van der Waals surface area contributed by atoms with Crippen LogP contribution in [0.1, 0.15) is 6.92 Å². The molecule has 1 aromatic heterocycles. The summed E-state index contributed by atoms with van der Waals surface area (Å²) in [5.41, 5.74) is 0.0949. The largest absolute Gasteiger partial charge is 0.357 e. The third kappa shape index (κ3) is 5.19. The van der Waals surface area contributed by atoms with E-state index in [0.29, 0.717) is 16.0 Å². The molecule has 1 amide bonds. The molecule has 0 saturated heterocycles. The van der Waals surface area contributed by atoms with Crippen LogP contribution in [-0.2, 0) is 4.79 Å². The highest BCUT2D eigenvalue weighted by Crippen LogP contribution is 2.29. The summed E-state index contributed by atoms with van der Waals surface area (Å²) in [7, 11) is 0. The molecule has 0 radical (unpaired) electrons. The smallest absolute Gasteiger partial charge is 0.237 e. The Kier molecular flexibility index (Phi) is 6.37. The molecule has 0 aliphatic rings. The molecule has 0 unspecified atom stereocenters. The minimum absolute atomic E-state index is 0.0949. The van der Waals surface area contributed by atoms with E-state index in [-0.39, 0.29) is 16.6 Å². The van der Waals surface area contributed by atoms with Gasteiger partial charge in [-0.25, -0.2) is 4.39 Å². The molecular formula is C14H14ClFN4OS2. The number of anilines is 2. The van der Waals surface area contributed by atoms with Crippen LogP contribution < -0.4 is 10.6 Å². The zero-order chi connectivity index (χ0) is 16.8. The molecule has 2 rings (SSSR count). The first-order valence-electron chi connectivity index (χ1n) is 6.60. The molecule has 23 heavy (non-hydrogen) atoms. The van der Waals surface area contributed by atoms with Gasteiger partial charge in [-0.1, -0.05) is 40.8 Å². The van der Waals surface area contributed by atoms with Crippen LogP contribution in [0.3, 0.4) is 0 Å². The molecule has 0 aliphatic carbocycles. The molecule has 122 valence electrons. The van der Waals surface area contributed by atoms with E-state index < -0.39 is 11.1 Å². The number of benzene rings is 1. The molecule has 1 atom stereocenters. The second kappa shape index (κ2) is 8.28. The molecule has 0 aliphatic heterocycles. The molecule has 2 N–H and O–H groups in total. The predicted octanol–water partition coefficient (Wildman–Crippen LogP) is 4.05. The quantitative estimate of drug-likeness (QED) is 0.567. The average molecular weight is 373 g/mol. The average Bonchev–Trinajstić information content (AvgIpc) is 2.95. The first-order valence-corrected chi connectivity index (χ1v) is 8.68. The lowest BCUT2D eigenvalue weighted by Crippen LogP contribution is -2.22. The van der Waals surface area contributed by atoms with Gasteiger partial charge in [0.25, 0.3) is 0 Å². The molecule has 9 heteroatoms. The number of thioether (sulfide) groups is 1. The van der Waals surface area contributed by atoms with Crippen molar-refractivity contribution in [2.45, 2.75) is 16.5 Å². The van der Waals surface area contributed by atoms with E-state index in [1.165, 1.54) is 35.2 Å². The molecule has 0 fully saturated rings. The normalized spacial score (nSPS) is 11.8. The number of carbonyl (C=O) groups is 1. The van der Waals surface area contributed by atoms with Crippen molar-refractivity contribution in [3.05, 3.63) is 41.7 Å². The Labute approximate surface area is 146 Å². The number of halogens is 2. The standard InChI is InChI=1S/C14H14ClFN4OS2/c1-3-6-17-13-19-20-14(23-13)22-8(2)12(21)18-11-5-4-9(15)7-10(11)16/h3-5,7-8H,1,6H2,2H3,(H,17,19)(H,18,21)/t8-/m0/s1. The Bertz CT molecular complexity index is 710. The number of hydrogen-bond donors (Lipinski definition) is 2. The molecule has 0 spiro atoms. The fourth-order valence-corrected chi connectivity index (χ4v) is 3.58. The zero-order valence-electron chi connectivity index (χ0n) is 12.2. The number of amides is 1. The summed E-state index contributed by atoms with van der Waals surface area (Å²) in [4.78, 5) is 12.1. The fraction of sp³-hybridized carbons (Fsp3) is 0.214. The van der Waals surface area contributed by atoms with E-state index in [1.54, 1.807) is 13.0 Å². The van der Waals surface area contributed by atoms with Gasteiger partial charge in [0.2, 0.25) is 11.0 Å². The molecule has 0 saturated carbocycles. The third-order valence-corrected chi connectivity index (χ3v) is 4.94. The SMILES string of the molecule is C=CCNc1nnc(S[C@@H](C)C(=O)Nc2ccc(Cl)cc2F)s1. The highest BCUT2D eigenvalue weighted by Gasteiger charge is 2.18. The topological polar surface area (TPSA) is 66.9 Å². The maximum Gasteiger partial charge on any atom is 0.237 e. The van der Waals surface area contributed by atoms with Gasteiger partial charge in [0.15, 0.2) is 4.34 Å². The van der Waals surface area contributed by atoms with Gasteiger partial charge in [-0.15, -0.1) is 16.8 Å². The highest BCUT2D eigenvalue weighted by molar-refractivity contribution is 8.02. The summed E-state index contributed by atoms with van der Waals surface area (Å²) in [6, 6.07) is 4.09. The minimum Gasteiger partial charge on any atom is -0.357 e. The zero-order valence-corrected chi connectivity index (χ0v) is 14.6. The highest BCUT2D eigenvalue weighted by atomic mass is 35.5. The number of rotatable bonds is 7. The van der Waals surface area contributed by atoms with Gasteiger partial charge < -0.3 is 10.6 Å². The molecule has 5 nitrogen and oxygen atoms in total. The predicted molar refractivity (Wildman–Crippen MR) is 94.0 cm³/mol. The van der Waals surface area contributed by atoms with Crippen LogP contribution in [-0.4, -0.2) is 27.9 Å². The Hall–Kier alpha value is -1.64. The Balaban J connectivity index is 1.94. The van der Waals surface area contributed by atoms with Crippen molar-refractivity contribution in [2.75, 3.05) is 17.2 Å². The summed E-state index contributed by atoms with van der Waals surface area (Å²) >= 11 is 8.27. The summed E-state index contributed by atoms with van der Waals surface area (Å²) < 4.78 is 14.3. The van der Waals surface area contributed by atoms with E-state index in [9.17, 15) is 9.18 Å². The van der Waals surface area contributed by atoms with Crippen molar-refractivity contribution >= 4 is 51.4 Å². The van der Waals surface area contributed by atoms with Crippen LogP contribution >= 0.6 is 34.7 Å². The monoisotopic (exact) mass is 372 g/mol. The maximum absolute atomic E-state index is 13.7. The van der Waals surface area contributed by atoms with Gasteiger partial charge in [0, 0.05) is 11.6 Å². The fourth-order valence-electron chi connectivity index (χ4n) is 1.52. The number of carbonyl (C=O) groups excluding carboxylic acids is 1. The lowest BCUT2D eigenvalue weighted by molar-refractivity contribution is -0.115. The number of nitrogens with one attached hydrogen (secondary N) is 2. The van der Waals surface area contributed by atoms with Crippen molar-refractivity contribution in [1.29, 1.82) is 0 Å². The first kappa shape index (κ1) is 17.7. The summed E-state index contributed by atoms with van der Waals surface area (Å²) in [5, 5.41) is 14.0. The lowest BCUT2D eigenvalue weighted by Gasteiger charge is -2.11. The number of nitrogens with zero attached hydrogens (tertiary/aromatic N) is 2. The molecule has 2 aromatic rings. The summed E-state index contributed by atoms with van der Waals surface area (Å²) in [6.45, 7) is 5.91.